The van der Waals surface area contributed by atoms with Gasteiger partial charge in [-0.1, -0.05) is 6.07 Å². The van der Waals surface area contributed by atoms with Crippen molar-refractivity contribution >= 4 is 21.4 Å². The maximum Gasteiger partial charge on any atom is 0.169 e. The van der Waals surface area contributed by atoms with E-state index < -0.39 is 5.82 Å². The summed E-state index contributed by atoms with van der Waals surface area (Å²) in [4.78, 5) is 0. The molecule has 4 heteroatoms. The zero-order chi connectivity index (χ0) is 10.1. The number of hydrogen-bond donors (Lipinski definition) is 1. The molecule has 0 unspecified atom stereocenters. The van der Waals surface area contributed by atoms with E-state index in [1.807, 2.05) is 6.07 Å². The molecule has 0 fully saturated rings. The number of fused-ring (bicyclic) bond motifs is 1. The van der Waals surface area contributed by atoms with E-state index in [0.717, 1.165) is 10.9 Å². The predicted molar refractivity (Wildman–Crippen MR) is 52.8 cm³/mol. The first kappa shape index (κ1) is 8.97. The largest absolute Gasteiger partial charge is 0.504 e. The molecule has 1 N–H and O–H groups in total. The van der Waals surface area contributed by atoms with Crippen LogP contribution in [-0.4, -0.2) is 5.11 Å². The molecular formula is C10H6FNOS. The fourth-order valence-electron chi connectivity index (χ4n) is 1.33. The molecule has 14 heavy (non-hydrogen) atoms. The number of phenolic OH excluding ortho intramolecular Hbond substituents is 1. The topological polar surface area (TPSA) is 44.0 Å². The van der Waals surface area contributed by atoms with Gasteiger partial charge in [0.1, 0.15) is 0 Å². The first-order valence-corrected chi connectivity index (χ1v) is 4.86. The molecule has 1 aromatic heterocycles. The number of nitriles is 1. The Bertz CT molecular complexity index is 527. The Balaban J connectivity index is 2.72. The zero-order valence-corrected chi connectivity index (χ0v) is 7.94. The van der Waals surface area contributed by atoms with Gasteiger partial charge in [-0.05, 0) is 17.0 Å². The molecule has 1 heterocycles. The molecule has 2 rings (SSSR count). The van der Waals surface area contributed by atoms with Gasteiger partial charge >= 0.3 is 0 Å². The van der Waals surface area contributed by atoms with Crippen LogP contribution in [0.2, 0.25) is 0 Å². The van der Waals surface area contributed by atoms with E-state index in [2.05, 4.69) is 0 Å². The van der Waals surface area contributed by atoms with Crippen molar-refractivity contribution in [2.75, 3.05) is 0 Å². The van der Waals surface area contributed by atoms with E-state index in [1.165, 1.54) is 17.4 Å². The Hall–Kier alpha value is -1.60. The highest BCUT2D eigenvalue weighted by atomic mass is 32.1. The fraction of sp³-hybridized carbons (Fsp3) is 0.100. The van der Waals surface area contributed by atoms with Gasteiger partial charge in [-0.3, -0.25) is 0 Å². The van der Waals surface area contributed by atoms with Gasteiger partial charge in [-0.15, -0.1) is 11.3 Å². The Morgan fingerprint density at radius 3 is 3.00 bits per heavy atom. The van der Waals surface area contributed by atoms with Crippen LogP contribution in [0, 0.1) is 17.1 Å². The predicted octanol–water partition coefficient (Wildman–Crippen LogP) is 2.81. The van der Waals surface area contributed by atoms with E-state index in [-0.39, 0.29) is 12.2 Å². The number of hydrogen-bond acceptors (Lipinski definition) is 3. The van der Waals surface area contributed by atoms with Crippen molar-refractivity contribution < 1.29 is 9.50 Å². The number of halogens is 1. The van der Waals surface area contributed by atoms with Crippen LogP contribution in [0.4, 0.5) is 4.39 Å². The molecule has 0 aliphatic heterocycles. The molecule has 0 spiro atoms. The Morgan fingerprint density at radius 1 is 1.50 bits per heavy atom. The van der Waals surface area contributed by atoms with Gasteiger partial charge in [0.2, 0.25) is 0 Å². The number of rotatable bonds is 1. The maximum atomic E-state index is 12.9. The summed E-state index contributed by atoms with van der Waals surface area (Å²) in [6, 6.07) is 4.83. The first-order chi connectivity index (χ1) is 6.74. The highest BCUT2D eigenvalue weighted by molar-refractivity contribution is 7.17. The molecule has 0 aliphatic carbocycles. The summed E-state index contributed by atoms with van der Waals surface area (Å²) in [5, 5.41) is 20.5. The van der Waals surface area contributed by atoms with E-state index in [0.29, 0.717) is 4.70 Å². The van der Waals surface area contributed by atoms with Crippen molar-refractivity contribution in [2.45, 2.75) is 6.42 Å². The minimum Gasteiger partial charge on any atom is -0.504 e. The molecule has 0 aliphatic rings. The summed E-state index contributed by atoms with van der Waals surface area (Å²) in [5.74, 6) is -0.945. The zero-order valence-electron chi connectivity index (χ0n) is 7.12. The minimum absolute atomic E-state index is 0.283. The Labute approximate surface area is 83.8 Å². The third-order valence-corrected chi connectivity index (χ3v) is 3.07. The minimum atomic E-state index is -0.622. The molecule has 0 saturated carbocycles. The van der Waals surface area contributed by atoms with E-state index >= 15 is 0 Å². The van der Waals surface area contributed by atoms with Crippen molar-refractivity contribution in [1.29, 1.82) is 5.26 Å². The highest BCUT2D eigenvalue weighted by Gasteiger charge is 2.10. The van der Waals surface area contributed by atoms with Gasteiger partial charge in [0, 0.05) is 5.39 Å². The van der Waals surface area contributed by atoms with E-state index in [1.54, 1.807) is 11.4 Å². The van der Waals surface area contributed by atoms with Crippen LogP contribution >= 0.6 is 11.3 Å². The second-order valence-electron chi connectivity index (χ2n) is 2.87. The number of thiophene rings is 1. The number of nitrogens with zero attached hydrogens (tertiary/aromatic N) is 1. The standard InChI is InChI=1S/C10H6FNOS/c11-8-2-1-7-6(3-4-12)5-14-10(7)9(8)13/h1-2,5,13H,3H2. The Kier molecular flexibility index (Phi) is 2.10. The van der Waals surface area contributed by atoms with Crippen molar-refractivity contribution in [3.05, 3.63) is 28.9 Å². The molecule has 1 aromatic carbocycles. The van der Waals surface area contributed by atoms with Gasteiger partial charge in [-0.2, -0.15) is 5.26 Å². The van der Waals surface area contributed by atoms with E-state index in [9.17, 15) is 9.50 Å². The second kappa shape index (κ2) is 3.28. The smallest absolute Gasteiger partial charge is 0.169 e. The van der Waals surface area contributed by atoms with Crippen molar-refractivity contribution in [3.63, 3.8) is 0 Å². The van der Waals surface area contributed by atoms with Crippen LogP contribution in [0.15, 0.2) is 17.5 Å². The van der Waals surface area contributed by atoms with Gasteiger partial charge in [0.15, 0.2) is 11.6 Å². The average molecular weight is 207 g/mol. The maximum absolute atomic E-state index is 12.9. The SMILES string of the molecule is N#CCc1csc2c(O)c(F)ccc12. The summed E-state index contributed by atoms with van der Waals surface area (Å²) in [7, 11) is 0. The van der Waals surface area contributed by atoms with Gasteiger partial charge < -0.3 is 5.11 Å². The molecule has 2 aromatic rings. The average Bonchev–Trinajstić information content (AvgIpc) is 2.57. The van der Waals surface area contributed by atoms with Gasteiger partial charge in [-0.25, -0.2) is 4.39 Å². The van der Waals surface area contributed by atoms with Crippen LogP contribution in [0.3, 0.4) is 0 Å². The van der Waals surface area contributed by atoms with E-state index in [4.69, 9.17) is 5.26 Å². The van der Waals surface area contributed by atoms with Gasteiger partial charge in [0.25, 0.3) is 0 Å². The fourth-order valence-corrected chi connectivity index (χ4v) is 2.34. The third kappa shape index (κ3) is 1.22. The van der Waals surface area contributed by atoms with Crippen molar-refractivity contribution in [1.82, 2.24) is 0 Å². The normalized spacial score (nSPS) is 10.3. The molecule has 0 radical (unpaired) electrons. The quantitative estimate of drug-likeness (QED) is 0.781. The number of phenols is 1. The highest BCUT2D eigenvalue weighted by Crippen LogP contribution is 2.34. The lowest BCUT2D eigenvalue weighted by Gasteiger charge is -1.97. The van der Waals surface area contributed by atoms with Crippen LogP contribution in [0.25, 0.3) is 10.1 Å². The summed E-state index contributed by atoms with van der Waals surface area (Å²) >= 11 is 1.25. The third-order valence-electron chi connectivity index (χ3n) is 2.02. The molecule has 0 atom stereocenters. The first-order valence-electron chi connectivity index (χ1n) is 3.98. The summed E-state index contributed by atoms with van der Waals surface area (Å²) in [6.07, 6.45) is 0.283. The summed E-state index contributed by atoms with van der Waals surface area (Å²) < 4.78 is 13.4. The number of aromatic hydroxyl groups is 1. The molecule has 70 valence electrons. The molecule has 0 bridgehead atoms. The van der Waals surface area contributed by atoms with Crippen LogP contribution in [0.1, 0.15) is 5.56 Å². The molecule has 2 nitrogen and oxygen atoms in total. The lowest BCUT2D eigenvalue weighted by molar-refractivity contribution is 0.439. The van der Waals surface area contributed by atoms with Crippen LogP contribution < -0.4 is 0 Å². The van der Waals surface area contributed by atoms with Crippen molar-refractivity contribution in [2.24, 2.45) is 0 Å². The van der Waals surface area contributed by atoms with Crippen molar-refractivity contribution in [3.8, 4) is 11.8 Å². The summed E-state index contributed by atoms with van der Waals surface area (Å²) in [5.41, 5.74) is 0.836. The van der Waals surface area contributed by atoms with Gasteiger partial charge in [0.05, 0.1) is 17.2 Å². The monoisotopic (exact) mass is 207 g/mol. The lowest BCUT2D eigenvalue weighted by Crippen LogP contribution is -1.79. The molecule has 0 saturated heterocycles. The Morgan fingerprint density at radius 2 is 2.29 bits per heavy atom. The van der Waals surface area contributed by atoms with Crippen LogP contribution in [-0.2, 0) is 6.42 Å². The molecule has 0 amide bonds. The van der Waals surface area contributed by atoms with Crippen LogP contribution in [0.5, 0.6) is 5.75 Å². The summed E-state index contributed by atoms with van der Waals surface area (Å²) in [6.45, 7) is 0. The lowest BCUT2D eigenvalue weighted by atomic mass is 10.1. The molecular weight excluding hydrogens is 201 g/mol. The number of benzene rings is 1. The second-order valence-corrected chi connectivity index (χ2v) is 3.75.